The molecule has 0 saturated carbocycles. The molecule has 0 amide bonds. The third-order valence-electron chi connectivity index (χ3n) is 0.977. The number of alkyl halides is 6. The number of halogens is 8. The molecule has 0 aliphatic carbocycles. The summed E-state index contributed by atoms with van der Waals surface area (Å²) in [5.74, 6) is -2.77. The van der Waals surface area contributed by atoms with Crippen molar-refractivity contribution in [3.8, 4) is 0 Å². The molecule has 1 N–H and O–H groups in total. The van der Waals surface area contributed by atoms with E-state index in [4.69, 9.17) is 5.11 Å². The maximum atomic E-state index is 12.1. The number of aliphatic hydroxyl groups excluding tert-OH is 1. The molecule has 15 heavy (non-hydrogen) atoms. The van der Waals surface area contributed by atoms with Gasteiger partial charge in [0, 0.05) is 0 Å². The van der Waals surface area contributed by atoms with Gasteiger partial charge >= 0.3 is 24.3 Å². The standard InChI is InChI=1S/C5H2F8O2/c6-1(7)2(14)15-5(12,13)3(8)4(9,10)11/h3,14H. The Morgan fingerprint density at radius 2 is 1.47 bits per heavy atom. The van der Waals surface area contributed by atoms with E-state index in [2.05, 4.69) is 4.74 Å². The molecule has 0 aliphatic rings. The highest BCUT2D eigenvalue weighted by Gasteiger charge is 2.60. The van der Waals surface area contributed by atoms with Crippen molar-refractivity contribution in [3.63, 3.8) is 0 Å². The van der Waals surface area contributed by atoms with Gasteiger partial charge in [-0.25, -0.2) is 4.39 Å². The first-order chi connectivity index (χ1) is 6.48. The molecule has 0 radical (unpaired) electrons. The Labute approximate surface area is 76.7 Å². The molecule has 1 unspecified atom stereocenters. The second-order valence-electron chi connectivity index (χ2n) is 2.13. The smallest absolute Gasteiger partial charge is 0.441 e. The monoisotopic (exact) mass is 246 g/mol. The Morgan fingerprint density at radius 3 is 1.73 bits per heavy atom. The lowest BCUT2D eigenvalue weighted by Gasteiger charge is -2.21. The van der Waals surface area contributed by atoms with Crippen molar-refractivity contribution in [1.82, 2.24) is 0 Å². The lowest BCUT2D eigenvalue weighted by atomic mass is 10.3. The van der Waals surface area contributed by atoms with Crippen LogP contribution in [0.1, 0.15) is 0 Å². The number of aliphatic hydroxyl groups is 1. The van der Waals surface area contributed by atoms with Crippen LogP contribution in [0, 0.1) is 0 Å². The summed E-state index contributed by atoms with van der Waals surface area (Å²) in [6.45, 7) is 0. The van der Waals surface area contributed by atoms with Gasteiger partial charge in [0.1, 0.15) is 0 Å². The van der Waals surface area contributed by atoms with Gasteiger partial charge in [-0.15, -0.1) is 0 Å². The van der Waals surface area contributed by atoms with Gasteiger partial charge in [-0.3, -0.25) is 0 Å². The van der Waals surface area contributed by atoms with Crippen LogP contribution < -0.4 is 0 Å². The molecule has 0 saturated heterocycles. The Kier molecular flexibility index (Phi) is 3.77. The fraction of sp³-hybridized carbons (Fsp3) is 0.600. The van der Waals surface area contributed by atoms with Crippen molar-refractivity contribution in [2.24, 2.45) is 0 Å². The minimum atomic E-state index is -6.00. The van der Waals surface area contributed by atoms with Gasteiger partial charge in [-0.05, 0) is 0 Å². The molecular weight excluding hydrogens is 244 g/mol. The van der Waals surface area contributed by atoms with Crippen LogP contribution in [-0.2, 0) is 4.74 Å². The summed E-state index contributed by atoms with van der Waals surface area (Å²) >= 11 is 0. The predicted molar refractivity (Wildman–Crippen MR) is 28.9 cm³/mol. The predicted octanol–water partition coefficient (Wildman–Crippen LogP) is 3.12. The zero-order valence-electron chi connectivity index (χ0n) is 6.46. The van der Waals surface area contributed by atoms with E-state index in [1.165, 1.54) is 0 Å². The van der Waals surface area contributed by atoms with E-state index in [9.17, 15) is 35.1 Å². The topological polar surface area (TPSA) is 29.5 Å². The van der Waals surface area contributed by atoms with E-state index in [0.29, 0.717) is 0 Å². The van der Waals surface area contributed by atoms with E-state index in [-0.39, 0.29) is 0 Å². The highest BCUT2D eigenvalue weighted by Crippen LogP contribution is 2.37. The molecule has 10 heteroatoms. The molecule has 0 bridgehead atoms. The van der Waals surface area contributed by atoms with Crippen LogP contribution in [-0.4, -0.2) is 23.6 Å². The van der Waals surface area contributed by atoms with Gasteiger partial charge in [-0.2, -0.15) is 30.7 Å². The molecule has 90 valence electrons. The van der Waals surface area contributed by atoms with Gasteiger partial charge < -0.3 is 9.84 Å². The molecule has 0 fully saturated rings. The number of ether oxygens (including phenoxy) is 1. The van der Waals surface area contributed by atoms with Crippen molar-refractivity contribution < 1.29 is 45.0 Å². The first-order valence-corrected chi connectivity index (χ1v) is 3.00. The highest BCUT2D eigenvalue weighted by molar-refractivity contribution is 4.85. The van der Waals surface area contributed by atoms with Gasteiger partial charge in [-0.1, -0.05) is 0 Å². The summed E-state index contributed by atoms with van der Waals surface area (Å²) < 4.78 is 95.2. The van der Waals surface area contributed by atoms with Gasteiger partial charge in [0.2, 0.25) is 0 Å². The zero-order chi connectivity index (χ0) is 12.4. The maximum absolute atomic E-state index is 12.1. The zero-order valence-corrected chi connectivity index (χ0v) is 6.46. The van der Waals surface area contributed by atoms with Crippen molar-refractivity contribution >= 4 is 0 Å². The van der Waals surface area contributed by atoms with Crippen LogP contribution in [0.15, 0.2) is 12.0 Å². The molecule has 0 aromatic heterocycles. The number of hydrogen-bond donors (Lipinski definition) is 1. The van der Waals surface area contributed by atoms with Crippen LogP contribution >= 0.6 is 0 Å². The minimum Gasteiger partial charge on any atom is -0.477 e. The van der Waals surface area contributed by atoms with Crippen molar-refractivity contribution in [2.75, 3.05) is 0 Å². The van der Waals surface area contributed by atoms with Gasteiger partial charge in [0.15, 0.2) is 0 Å². The van der Waals surface area contributed by atoms with Crippen molar-refractivity contribution in [1.29, 1.82) is 0 Å². The lowest BCUT2D eigenvalue weighted by molar-refractivity contribution is -0.333. The van der Waals surface area contributed by atoms with E-state index in [1.807, 2.05) is 0 Å². The van der Waals surface area contributed by atoms with E-state index >= 15 is 0 Å². The van der Waals surface area contributed by atoms with Crippen LogP contribution in [0.25, 0.3) is 0 Å². The largest absolute Gasteiger partial charge is 0.477 e. The average Bonchev–Trinajstić information content (AvgIpc) is 2.00. The first kappa shape index (κ1) is 13.8. The third-order valence-corrected chi connectivity index (χ3v) is 0.977. The van der Waals surface area contributed by atoms with E-state index in [1.54, 1.807) is 0 Å². The SMILES string of the molecule is OC(OC(F)(F)C(F)C(F)(F)F)=C(F)F. The third kappa shape index (κ3) is 3.80. The molecule has 0 aliphatic heterocycles. The summed E-state index contributed by atoms with van der Waals surface area (Å²) in [7, 11) is 0. The molecule has 0 heterocycles. The molecule has 2 nitrogen and oxygen atoms in total. The Morgan fingerprint density at radius 1 is 1.07 bits per heavy atom. The minimum absolute atomic E-state index is 2.44. The average molecular weight is 246 g/mol. The highest BCUT2D eigenvalue weighted by atomic mass is 19.4. The van der Waals surface area contributed by atoms with Crippen molar-refractivity contribution in [2.45, 2.75) is 18.5 Å². The first-order valence-electron chi connectivity index (χ1n) is 3.00. The van der Waals surface area contributed by atoms with Crippen LogP contribution in [0.5, 0.6) is 0 Å². The normalized spacial score (nSPS) is 14.7. The molecule has 0 spiro atoms. The van der Waals surface area contributed by atoms with Gasteiger partial charge in [0.25, 0.3) is 6.17 Å². The molecule has 0 rings (SSSR count). The van der Waals surface area contributed by atoms with Gasteiger partial charge in [0.05, 0.1) is 0 Å². The molecule has 0 aromatic carbocycles. The summed E-state index contributed by atoms with van der Waals surface area (Å²) in [6.07, 6.45) is -19.7. The summed E-state index contributed by atoms with van der Waals surface area (Å²) in [6, 6.07) is 0. The Bertz CT molecular complexity index is 252. The fourth-order valence-electron chi connectivity index (χ4n) is 0.410. The lowest BCUT2D eigenvalue weighted by Crippen LogP contribution is -2.43. The number of hydrogen-bond acceptors (Lipinski definition) is 2. The maximum Gasteiger partial charge on any atom is 0.441 e. The number of rotatable bonds is 3. The quantitative estimate of drug-likeness (QED) is 0.612. The van der Waals surface area contributed by atoms with Crippen LogP contribution in [0.4, 0.5) is 35.1 Å². The van der Waals surface area contributed by atoms with Crippen molar-refractivity contribution in [3.05, 3.63) is 12.0 Å². The second kappa shape index (κ2) is 4.11. The van der Waals surface area contributed by atoms with E-state index in [0.717, 1.165) is 0 Å². The molecular formula is C5H2F8O2. The molecule has 1 atom stereocenters. The van der Waals surface area contributed by atoms with E-state index < -0.39 is 30.5 Å². The molecule has 0 aromatic rings. The van der Waals surface area contributed by atoms with Crippen LogP contribution in [0.2, 0.25) is 0 Å². The second-order valence-corrected chi connectivity index (χ2v) is 2.13. The fourth-order valence-corrected chi connectivity index (χ4v) is 0.410. The Hall–Kier alpha value is -1.22. The summed E-state index contributed by atoms with van der Waals surface area (Å²) in [4.78, 5) is 0. The summed E-state index contributed by atoms with van der Waals surface area (Å²) in [5, 5.41) is 7.87. The summed E-state index contributed by atoms with van der Waals surface area (Å²) in [5.41, 5.74) is 0. The van der Waals surface area contributed by atoms with Crippen LogP contribution in [0.3, 0.4) is 0 Å². The Balaban J connectivity index is 4.78.